The van der Waals surface area contributed by atoms with Gasteiger partial charge in [0, 0.05) is 10.6 Å². The van der Waals surface area contributed by atoms with E-state index in [4.69, 9.17) is 11.6 Å². The van der Waals surface area contributed by atoms with E-state index in [1.165, 1.54) is 31.4 Å². The molecule has 0 saturated heterocycles. The second kappa shape index (κ2) is 6.35. The summed E-state index contributed by atoms with van der Waals surface area (Å²) in [4.78, 5) is 0. The summed E-state index contributed by atoms with van der Waals surface area (Å²) in [7, 11) is 0. The third-order valence-corrected chi connectivity index (χ3v) is 3.76. The van der Waals surface area contributed by atoms with Crippen molar-refractivity contribution in [3.63, 3.8) is 0 Å². The third-order valence-electron chi connectivity index (χ3n) is 3.43. The van der Waals surface area contributed by atoms with Crippen LogP contribution in [0.3, 0.4) is 0 Å². The van der Waals surface area contributed by atoms with Gasteiger partial charge in [0.15, 0.2) is 0 Å². The lowest BCUT2D eigenvalue weighted by molar-refractivity contribution is 0.209. The first-order valence-electron chi connectivity index (χ1n) is 6.50. The van der Waals surface area contributed by atoms with E-state index in [-0.39, 0.29) is 5.82 Å². The van der Waals surface area contributed by atoms with E-state index in [0.717, 1.165) is 24.8 Å². The number of halogens is 2. The van der Waals surface area contributed by atoms with Crippen LogP contribution < -0.4 is 0 Å². The number of hydrogen-bond donors (Lipinski definition) is 1. The first-order chi connectivity index (χ1) is 8.68. The maximum Gasteiger partial charge on any atom is 0.124 e. The van der Waals surface area contributed by atoms with Crippen LogP contribution in [0.25, 0.3) is 0 Å². The van der Waals surface area contributed by atoms with Crippen molar-refractivity contribution in [3.05, 3.63) is 46.3 Å². The van der Waals surface area contributed by atoms with Gasteiger partial charge in [0.05, 0.1) is 0 Å². The topological polar surface area (TPSA) is 20.2 Å². The summed E-state index contributed by atoms with van der Waals surface area (Å²) >= 11 is 5.99. The Hall–Kier alpha value is -0.860. The van der Waals surface area contributed by atoms with Crippen molar-refractivity contribution in [2.24, 2.45) is 0 Å². The van der Waals surface area contributed by atoms with Gasteiger partial charge in [-0.25, -0.2) is 4.39 Å². The van der Waals surface area contributed by atoms with Crippen LogP contribution in [0.2, 0.25) is 5.02 Å². The smallest absolute Gasteiger partial charge is 0.124 e. The lowest BCUT2D eigenvalue weighted by Gasteiger charge is -2.18. The molecule has 1 unspecified atom stereocenters. The normalized spacial score (nSPS) is 21.6. The van der Waals surface area contributed by atoms with Gasteiger partial charge in [-0.3, -0.25) is 0 Å². The van der Waals surface area contributed by atoms with E-state index in [1.807, 2.05) is 0 Å². The van der Waals surface area contributed by atoms with Crippen molar-refractivity contribution >= 4 is 11.6 Å². The van der Waals surface area contributed by atoms with Gasteiger partial charge in [-0.15, -0.1) is 0 Å². The van der Waals surface area contributed by atoms with Gasteiger partial charge in [0.25, 0.3) is 0 Å². The molecule has 1 aromatic rings. The fraction of sp³-hybridized carbons (Fsp3) is 0.467. The van der Waals surface area contributed by atoms with Crippen LogP contribution in [0.5, 0.6) is 0 Å². The van der Waals surface area contributed by atoms with Crippen molar-refractivity contribution in [2.45, 2.75) is 44.6 Å². The molecule has 2 rings (SSSR count). The molecule has 0 spiro atoms. The molecule has 3 heteroatoms. The highest BCUT2D eigenvalue weighted by atomic mass is 35.5. The zero-order valence-corrected chi connectivity index (χ0v) is 11.1. The van der Waals surface area contributed by atoms with E-state index in [0.29, 0.717) is 10.6 Å². The summed E-state index contributed by atoms with van der Waals surface area (Å²) in [5.41, 5.74) is 1.62. The minimum absolute atomic E-state index is 0.297. The first-order valence-corrected chi connectivity index (χ1v) is 6.88. The molecule has 98 valence electrons. The van der Waals surface area contributed by atoms with Crippen LogP contribution in [-0.4, -0.2) is 5.11 Å². The van der Waals surface area contributed by atoms with Crippen LogP contribution in [0.1, 0.15) is 50.2 Å². The molecule has 1 aliphatic rings. The quantitative estimate of drug-likeness (QED) is 0.765. The molecular formula is C15H18ClFO. The average molecular weight is 269 g/mol. The van der Waals surface area contributed by atoms with E-state index < -0.39 is 6.10 Å². The summed E-state index contributed by atoms with van der Waals surface area (Å²) in [6.07, 6.45) is 8.06. The van der Waals surface area contributed by atoms with Crippen LogP contribution in [-0.2, 0) is 0 Å². The number of aliphatic hydroxyl groups excluding tert-OH is 1. The van der Waals surface area contributed by atoms with Crippen LogP contribution in [0, 0.1) is 5.82 Å². The standard InChI is InChI=1S/C15H18ClFO/c16-14-10-12(17)8-9-13(14)15(18)11-6-4-2-1-3-5-7-11/h6,8-10,15,18H,1-5,7H2/b11-6+. The fourth-order valence-corrected chi connectivity index (χ4v) is 2.66. The van der Waals surface area contributed by atoms with E-state index >= 15 is 0 Å². The largest absolute Gasteiger partial charge is 0.384 e. The summed E-state index contributed by atoms with van der Waals surface area (Å²) < 4.78 is 13.0. The number of benzene rings is 1. The molecule has 0 heterocycles. The predicted octanol–water partition coefficient (Wildman–Crippen LogP) is 4.79. The van der Waals surface area contributed by atoms with Crippen molar-refractivity contribution in [2.75, 3.05) is 0 Å². The molecule has 0 amide bonds. The van der Waals surface area contributed by atoms with Crippen LogP contribution in [0.15, 0.2) is 29.8 Å². The van der Waals surface area contributed by atoms with Crippen LogP contribution in [0.4, 0.5) is 4.39 Å². The Labute approximate surface area is 112 Å². The lowest BCUT2D eigenvalue weighted by atomic mass is 9.93. The Balaban J connectivity index is 2.20. The maximum absolute atomic E-state index is 13.0. The fourth-order valence-electron chi connectivity index (χ4n) is 2.39. The van der Waals surface area contributed by atoms with Gasteiger partial charge < -0.3 is 5.11 Å². The van der Waals surface area contributed by atoms with Crippen molar-refractivity contribution in [1.29, 1.82) is 0 Å². The second-order valence-electron chi connectivity index (χ2n) is 4.80. The molecule has 0 saturated carbocycles. The van der Waals surface area contributed by atoms with Gasteiger partial charge in [0.2, 0.25) is 0 Å². The second-order valence-corrected chi connectivity index (χ2v) is 5.21. The molecule has 1 N–H and O–H groups in total. The molecular weight excluding hydrogens is 251 g/mol. The SMILES string of the molecule is OC(/C1=C/CCCCCC1)c1ccc(F)cc1Cl. The molecule has 1 nitrogen and oxygen atoms in total. The third kappa shape index (κ3) is 3.33. The van der Waals surface area contributed by atoms with Crippen molar-refractivity contribution in [1.82, 2.24) is 0 Å². The zero-order valence-electron chi connectivity index (χ0n) is 10.3. The highest BCUT2D eigenvalue weighted by molar-refractivity contribution is 6.31. The predicted molar refractivity (Wildman–Crippen MR) is 72.2 cm³/mol. The van der Waals surface area contributed by atoms with E-state index in [9.17, 15) is 9.50 Å². The molecule has 0 radical (unpaired) electrons. The van der Waals surface area contributed by atoms with Crippen molar-refractivity contribution < 1.29 is 9.50 Å². The number of aliphatic hydroxyl groups is 1. The summed E-state index contributed by atoms with van der Waals surface area (Å²) in [5.74, 6) is -0.373. The number of rotatable bonds is 2. The summed E-state index contributed by atoms with van der Waals surface area (Å²) in [5, 5.41) is 10.7. The Kier molecular flexibility index (Phi) is 4.79. The van der Waals surface area contributed by atoms with Gasteiger partial charge in [-0.2, -0.15) is 0 Å². The molecule has 0 bridgehead atoms. The minimum Gasteiger partial charge on any atom is -0.384 e. The van der Waals surface area contributed by atoms with Crippen LogP contribution >= 0.6 is 11.6 Å². The molecule has 1 aliphatic carbocycles. The highest BCUT2D eigenvalue weighted by Gasteiger charge is 2.17. The lowest BCUT2D eigenvalue weighted by Crippen LogP contribution is -2.04. The van der Waals surface area contributed by atoms with Crippen molar-refractivity contribution in [3.8, 4) is 0 Å². The molecule has 1 atom stereocenters. The van der Waals surface area contributed by atoms with E-state index in [1.54, 1.807) is 6.07 Å². The molecule has 0 aromatic heterocycles. The highest BCUT2D eigenvalue weighted by Crippen LogP contribution is 2.32. The zero-order chi connectivity index (χ0) is 13.0. The average Bonchev–Trinajstić information content (AvgIpc) is 2.27. The summed E-state index contributed by atoms with van der Waals surface area (Å²) in [6, 6.07) is 4.17. The van der Waals surface area contributed by atoms with E-state index in [2.05, 4.69) is 6.08 Å². The number of allylic oxidation sites excluding steroid dienone is 1. The van der Waals surface area contributed by atoms with Gasteiger partial charge in [-0.05, 0) is 43.4 Å². The minimum atomic E-state index is -0.698. The monoisotopic (exact) mass is 268 g/mol. The molecule has 1 aromatic carbocycles. The maximum atomic E-state index is 13.0. The Morgan fingerprint density at radius 2 is 1.94 bits per heavy atom. The Morgan fingerprint density at radius 1 is 1.17 bits per heavy atom. The van der Waals surface area contributed by atoms with Gasteiger partial charge >= 0.3 is 0 Å². The molecule has 0 aliphatic heterocycles. The van der Waals surface area contributed by atoms with Gasteiger partial charge in [0.1, 0.15) is 11.9 Å². The molecule has 0 fully saturated rings. The van der Waals surface area contributed by atoms with Gasteiger partial charge in [-0.1, -0.05) is 36.6 Å². The Bertz CT molecular complexity index is 442. The molecule has 18 heavy (non-hydrogen) atoms. The number of hydrogen-bond acceptors (Lipinski definition) is 1. The Morgan fingerprint density at radius 3 is 2.72 bits per heavy atom. The summed E-state index contributed by atoms with van der Waals surface area (Å²) in [6.45, 7) is 0. The first kappa shape index (κ1) is 13.6.